The number of nitriles is 1. The molecule has 2 aromatic rings. The van der Waals surface area contributed by atoms with Gasteiger partial charge in [0.25, 0.3) is 0 Å². The van der Waals surface area contributed by atoms with Gasteiger partial charge in [-0.15, -0.1) is 0 Å². The second-order valence-electron chi connectivity index (χ2n) is 3.33. The molecule has 0 aliphatic heterocycles. The number of hydrogen-bond acceptors (Lipinski definition) is 2. The van der Waals surface area contributed by atoms with Crippen molar-refractivity contribution in [1.29, 1.82) is 5.26 Å². The first-order chi connectivity index (χ1) is 7.36. The van der Waals surface area contributed by atoms with Crippen LogP contribution < -0.4 is 4.84 Å². The summed E-state index contributed by atoms with van der Waals surface area (Å²) in [5.74, 6) is 0. The fourth-order valence-electron chi connectivity index (χ4n) is 1.54. The Labute approximate surface area is 88.5 Å². The zero-order valence-electron chi connectivity index (χ0n) is 8.60. The van der Waals surface area contributed by atoms with Gasteiger partial charge in [-0.2, -0.15) is 9.99 Å². The third-order valence-electron chi connectivity index (χ3n) is 2.23. The molecule has 2 rings (SSSR count). The van der Waals surface area contributed by atoms with E-state index in [0.717, 1.165) is 17.3 Å². The van der Waals surface area contributed by atoms with E-state index < -0.39 is 0 Å². The highest BCUT2D eigenvalue weighted by Gasteiger charge is 2.07. The van der Waals surface area contributed by atoms with Gasteiger partial charge in [-0.1, -0.05) is 25.1 Å². The van der Waals surface area contributed by atoms with Crippen LogP contribution in [0.1, 0.15) is 18.9 Å². The van der Waals surface area contributed by atoms with Crippen LogP contribution in [0.4, 0.5) is 0 Å². The van der Waals surface area contributed by atoms with E-state index in [1.54, 1.807) is 10.9 Å². The molecule has 0 aliphatic rings. The van der Waals surface area contributed by atoms with Crippen molar-refractivity contribution in [1.82, 2.24) is 4.73 Å². The number of rotatable bonds is 3. The van der Waals surface area contributed by atoms with Crippen LogP contribution in [-0.2, 0) is 0 Å². The average molecular weight is 200 g/mol. The van der Waals surface area contributed by atoms with Gasteiger partial charge < -0.3 is 4.84 Å². The van der Waals surface area contributed by atoms with Crippen molar-refractivity contribution in [3.05, 3.63) is 36.0 Å². The fourth-order valence-corrected chi connectivity index (χ4v) is 1.54. The Balaban J connectivity index is 2.51. The molecule has 3 nitrogen and oxygen atoms in total. The van der Waals surface area contributed by atoms with Gasteiger partial charge in [-0.25, -0.2) is 0 Å². The first-order valence-corrected chi connectivity index (χ1v) is 5.00. The summed E-state index contributed by atoms with van der Waals surface area (Å²) in [5, 5.41) is 9.90. The summed E-state index contributed by atoms with van der Waals surface area (Å²) in [6.07, 6.45) is 2.69. The fraction of sp³-hybridized carbons (Fsp3) is 0.250. The Morgan fingerprint density at radius 3 is 2.93 bits per heavy atom. The van der Waals surface area contributed by atoms with E-state index in [1.165, 1.54) is 0 Å². The highest BCUT2D eigenvalue weighted by Crippen LogP contribution is 2.19. The average Bonchev–Trinajstić information content (AvgIpc) is 2.65. The molecule has 15 heavy (non-hydrogen) atoms. The molecule has 0 saturated carbocycles. The van der Waals surface area contributed by atoms with Crippen LogP contribution in [0.15, 0.2) is 30.5 Å². The van der Waals surface area contributed by atoms with Crippen LogP contribution in [0, 0.1) is 11.3 Å². The number of para-hydroxylation sites is 1. The molecule has 76 valence electrons. The lowest BCUT2D eigenvalue weighted by molar-refractivity contribution is 0.121. The van der Waals surface area contributed by atoms with Crippen LogP contribution in [0.25, 0.3) is 10.9 Å². The highest BCUT2D eigenvalue weighted by molar-refractivity contribution is 5.85. The van der Waals surface area contributed by atoms with E-state index >= 15 is 0 Å². The lowest BCUT2D eigenvalue weighted by Crippen LogP contribution is -2.10. The lowest BCUT2D eigenvalue weighted by Gasteiger charge is -2.05. The molecule has 0 saturated heterocycles. The van der Waals surface area contributed by atoms with Crippen molar-refractivity contribution in [2.45, 2.75) is 13.3 Å². The van der Waals surface area contributed by atoms with Crippen molar-refractivity contribution in [2.24, 2.45) is 0 Å². The molecule has 0 unspecified atom stereocenters. The molecule has 0 amide bonds. The van der Waals surface area contributed by atoms with Crippen molar-refractivity contribution in [3.8, 4) is 6.07 Å². The predicted octanol–water partition coefficient (Wildman–Crippen LogP) is 2.35. The topological polar surface area (TPSA) is 38.0 Å². The Bertz CT molecular complexity index is 508. The summed E-state index contributed by atoms with van der Waals surface area (Å²) in [6.45, 7) is 2.71. The van der Waals surface area contributed by atoms with Crippen LogP contribution >= 0.6 is 0 Å². The molecule has 0 N–H and O–H groups in total. The molecule has 0 aliphatic carbocycles. The van der Waals surface area contributed by atoms with Crippen molar-refractivity contribution < 1.29 is 4.84 Å². The standard InChI is InChI=1S/C12H12N2O/c1-2-7-15-14-9-10(8-13)11-5-3-4-6-12(11)14/h3-6,9H,2,7H2,1H3. The normalized spacial score (nSPS) is 10.1. The summed E-state index contributed by atoms with van der Waals surface area (Å²) in [5.41, 5.74) is 1.60. The summed E-state index contributed by atoms with van der Waals surface area (Å²) in [6, 6.07) is 9.91. The maximum absolute atomic E-state index is 8.96. The maximum atomic E-state index is 8.96. The van der Waals surface area contributed by atoms with Gasteiger partial charge in [-0.3, -0.25) is 0 Å². The number of fused-ring (bicyclic) bond motifs is 1. The predicted molar refractivity (Wildman–Crippen MR) is 58.4 cm³/mol. The Morgan fingerprint density at radius 2 is 2.20 bits per heavy atom. The van der Waals surface area contributed by atoms with E-state index in [-0.39, 0.29) is 0 Å². The monoisotopic (exact) mass is 200 g/mol. The van der Waals surface area contributed by atoms with E-state index in [1.807, 2.05) is 24.3 Å². The second-order valence-corrected chi connectivity index (χ2v) is 3.33. The molecule has 0 radical (unpaired) electrons. The minimum atomic E-state index is 0.654. The van der Waals surface area contributed by atoms with Gasteiger partial charge in [0.1, 0.15) is 12.7 Å². The second kappa shape index (κ2) is 4.05. The van der Waals surface area contributed by atoms with E-state index in [2.05, 4.69) is 13.0 Å². The Morgan fingerprint density at radius 1 is 1.40 bits per heavy atom. The number of benzene rings is 1. The SMILES string of the molecule is CCCOn1cc(C#N)c2ccccc21. The number of aromatic nitrogens is 1. The van der Waals surface area contributed by atoms with Crippen molar-refractivity contribution in [3.63, 3.8) is 0 Å². The molecule has 3 heteroatoms. The van der Waals surface area contributed by atoms with E-state index in [4.69, 9.17) is 10.1 Å². The van der Waals surface area contributed by atoms with Gasteiger partial charge in [0.15, 0.2) is 0 Å². The number of nitrogens with zero attached hydrogens (tertiary/aromatic N) is 2. The van der Waals surface area contributed by atoms with Crippen molar-refractivity contribution in [2.75, 3.05) is 6.61 Å². The molecule has 0 bridgehead atoms. The minimum absolute atomic E-state index is 0.654. The molecule has 0 spiro atoms. The first kappa shape index (κ1) is 9.60. The van der Waals surface area contributed by atoms with Gasteiger partial charge in [0, 0.05) is 5.39 Å². The Hall–Kier alpha value is -1.95. The molecule has 0 fully saturated rings. The van der Waals surface area contributed by atoms with Crippen LogP contribution in [0.3, 0.4) is 0 Å². The van der Waals surface area contributed by atoms with E-state index in [9.17, 15) is 0 Å². The molecule has 1 aromatic heterocycles. The maximum Gasteiger partial charge on any atom is 0.114 e. The smallest absolute Gasteiger partial charge is 0.114 e. The van der Waals surface area contributed by atoms with Gasteiger partial charge in [0.2, 0.25) is 0 Å². The minimum Gasteiger partial charge on any atom is -0.414 e. The van der Waals surface area contributed by atoms with Gasteiger partial charge >= 0.3 is 0 Å². The first-order valence-electron chi connectivity index (χ1n) is 5.00. The number of hydrogen-bond donors (Lipinski definition) is 0. The lowest BCUT2D eigenvalue weighted by atomic mass is 10.2. The zero-order chi connectivity index (χ0) is 10.7. The van der Waals surface area contributed by atoms with Gasteiger partial charge in [0.05, 0.1) is 17.3 Å². The molecule has 0 atom stereocenters. The molecular weight excluding hydrogens is 188 g/mol. The third-order valence-corrected chi connectivity index (χ3v) is 2.23. The van der Waals surface area contributed by atoms with Gasteiger partial charge in [-0.05, 0) is 12.5 Å². The van der Waals surface area contributed by atoms with Crippen LogP contribution in [0.2, 0.25) is 0 Å². The summed E-state index contributed by atoms with van der Waals surface area (Å²) in [4.78, 5) is 5.52. The summed E-state index contributed by atoms with van der Waals surface area (Å²) < 4.78 is 1.68. The quantitative estimate of drug-likeness (QED) is 0.762. The van der Waals surface area contributed by atoms with Crippen LogP contribution in [-0.4, -0.2) is 11.3 Å². The largest absolute Gasteiger partial charge is 0.414 e. The zero-order valence-corrected chi connectivity index (χ0v) is 8.60. The molecule has 1 heterocycles. The summed E-state index contributed by atoms with van der Waals surface area (Å²) in [7, 11) is 0. The highest BCUT2D eigenvalue weighted by atomic mass is 16.7. The third kappa shape index (κ3) is 1.66. The van der Waals surface area contributed by atoms with Crippen LogP contribution in [0.5, 0.6) is 0 Å². The molecule has 1 aromatic carbocycles. The van der Waals surface area contributed by atoms with Crippen molar-refractivity contribution >= 4 is 10.9 Å². The molecular formula is C12H12N2O. The Kier molecular flexibility index (Phi) is 2.59. The van der Waals surface area contributed by atoms with E-state index in [0.29, 0.717) is 12.2 Å². The summed E-state index contributed by atoms with van der Waals surface area (Å²) >= 11 is 0.